The van der Waals surface area contributed by atoms with E-state index in [2.05, 4.69) is 20.7 Å². The summed E-state index contributed by atoms with van der Waals surface area (Å²) in [6, 6.07) is 18.4. The normalized spacial score (nSPS) is 11.0. The van der Waals surface area contributed by atoms with Crippen molar-refractivity contribution in [3.05, 3.63) is 87.4 Å². The zero-order valence-corrected chi connectivity index (χ0v) is 16.1. The molecular weight excluding hydrogens is 436 g/mol. The van der Waals surface area contributed by atoms with Crippen molar-refractivity contribution in [2.45, 2.75) is 4.90 Å². The molecule has 27 heavy (non-hydrogen) atoms. The molecule has 0 saturated carbocycles. The Labute approximate surface area is 163 Å². The van der Waals surface area contributed by atoms with E-state index < -0.39 is 14.9 Å². The summed E-state index contributed by atoms with van der Waals surface area (Å²) in [5.41, 5.74) is 0.352. The molecule has 7 nitrogen and oxygen atoms in total. The first-order valence-electron chi connectivity index (χ1n) is 7.64. The van der Waals surface area contributed by atoms with Gasteiger partial charge in [-0.2, -0.15) is 0 Å². The first-order valence-corrected chi connectivity index (χ1v) is 9.92. The van der Waals surface area contributed by atoms with E-state index in [1.54, 1.807) is 36.4 Å². The Kier molecular flexibility index (Phi) is 5.43. The minimum Gasteiger partial charge on any atom is -0.457 e. The number of hydrogen-bond acceptors (Lipinski definition) is 5. The summed E-state index contributed by atoms with van der Waals surface area (Å²) in [4.78, 5) is 10.3. The summed E-state index contributed by atoms with van der Waals surface area (Å²) < 4.78 is 33.5. The maximum atomic E-state index is 12.4. The van der Waals surface area contributed by atoms with Crippen LogP contribution < -0.4 is 9.46 Å². The monoisotopic (exact) mass is 448 g/mol. The predicted octanol–water partition coefficient (Wildman–Crippen LogP) is 4.95. The third-order valence-electron chi connectivity index (χ3n) is 3.50. The standard InChI is InChI=1S/C18H13BrN2O5S/c19-13-2-1-3-18(12-13)27(24,25)20-14-4-8-16(9-5-14)26-17-10-6-15(7-11-17)21(22)23/h1-12,20H. The van der Waals surface area contributed by atoms with Crippen LogP contribution in [0.15, 0.2) is 82.2 Å². The highest BCUT2D eigenvalue weighted by Gasteiger charge is 2.14. The average Bonchev–Trinajstić information content (AvgIpc) is 2.63. The molecule has 0 bridgehead atoms. The minimum absolute atomic E-state index is 0.0281. The lowest BCUT2D eigenvalue weighted by Gasteiger charge is -2.10. The Bertz CT molecular complexity index is 1070. The van der Waals surface area contributed by atoms with Gasteiger partial charge in [0.25, 0.3) is 15.7 Å². The number of ether oxygens (including phenoxy) is 1. The molecule has 0 atom stereocenters. The molecule has 3 rings (SSSR count). The molecule has 0 aliphatic heterocycles. The van der Waals surface area contributed by atoms with Gasteiger partial charge in [-0.05, 0) is 54.6 Å². The van der Waals surface area contributed by atoms with E-state index in [1.165, 1.54) is 36.4 Å². The molecule has 9 heteroatoms. The molecule has 138 valence electrons. The van der Waals surface area contributed by atoms with E-state index in [0.717, 1.165) is 0 Å². The number of hydrogen-bond donors (Lipinski definition) is 1. The van der Waals surface area contributed by atoms with Crippen LogP contribution in [0.3, 0.4) is 0 Å². The van der Waals surface area contributed by atoms with Crippen LogP contribution in [0.25, 0.3) is 0 Å². The smallest absolute Gasteiger partial charge is 0.269 e. The molecule has 0 radical (unpaired) electrons. The van der Waals surface area contributed by atoms with Crippen LogP contribution in [0, 0.1) is 10.1 Å². The largest absolute Gasteiger partial charge is 0.457 e. The summed E-state index contributed by atoms with van der Waals surface area (Å²) in [5.74, 6) is 0.900. The molecule has 0 unspecified atom stereocenters. The van der Waals surface area contributed by atoms with Crippen LogP contribution in [0.5, 0.6) is 11.5 Å². The van der Waals surface area contributed by atoms with Gasteiger partial charge in [-0.1, -0.05) is 22.0 Å². The van der Waals surface area contributed by atoms with E-state index in [1.807, 2.05) is 0 Å². The zero-order chi connectivity index (χ0) is 19.4. The number of non-ortho nitro benzene ring substituents is 1. The SMILES string of the molecule is O=[N+]([O-])c1ccc(Oc2ccc(NS(=O)(=O)c3cccc(Br)c3)cc2)cc1. The molecule has 3 aromatic carbocycles. The number of nitro benzene ring substituents is 1. The van der Waals surface area contributed by atoms with Gasteiger partial charge in [0.15, 0.2) is 0 Å². The van der Waals surface area contributed by atoms with Crippen LogP contribution in [0.4, 0.5) is 11.4 Å². The maximum absolute atomic E-state index is 12.4. The third-order valence-corrected chi connectivity index (χ3v) is 5.37. The Hall–Kier alpha value is -2.91. The second-order valence-electron chi connectivity index (χ2n) is 5.44. The first kappa shape index (κ1) is 18.9. The second-order valence-corrected chi connectivity index (χ2v) is 8.04. The summed E-state index contributed by atoms with van der Waals surface area (Å²) in [6.45, 7) is 0. The molecule has 0 amide bonds. The summed E-state index contributed by atoms with van der Waals surface area (Å²) in [7, 11) is -3.71. The van der Waals surface area contributed by atoms with Gasteiger partial charge >= 0.3 is 0 Å². The number of nitro groups is 1. The van der Waals surface area contributed by atoms with E-state index in [-0.39, 0.29) is 10.6 Å². The highest BCUT2D eigenvalue weighted by Crippen LogP contribution is 2.26. The number of sulfonamides is 1. The van der Waals surface area contributed by atoms with Crippen molar-refractivity contribution in [3.8, 4) is 11.5 Å². The van der Waals surface area contributed by atoms with Gasteiger partial charge in [-0.15, -0.1) is 0 Å². The molecular formula is C18H13BrN2O5S. The van der Waals surface area contributed by atoms with Gasteiger partial charge in [-0.25, -0.2) is 8.42 Å². The van der Waals surface area contributed by atoms with Gasteiger partial charge in [0.05, 0.1) is 9.82 Å². The number of nitrogens with one attached hydrogen (secondary N) is 1. The Balaban J connectivity index is 1.70. The highest BCUT2D eigenvalue weighted by atomic mass is 79.9. The van der Waals surface area contributed by atoms with E-state index >= 15 is 0 Å². The van der Waals surface area contributed by atoms with Crippen LogP contribution >= 0.6 is 15.9 Å². The van der Waals surface area contributed by atoms with Crippen LogP contribution in [-0.4, -0.2) is 13.3 Å². The fourth-order valence-electron chi connectivity index (χ4n) is 2.21. The zero-order valence-electron chi connectivity index (χ0n) is 13.7. The van der Waals surface area contributed by atoms with E-state index in [9.17, 15) is 18.5 Å². The van der Waals surface area contributed by atoms with Crippen molar-refractivity contribution < 1.29 is 18.1 Å². The Morgan fingerprint density at radius 2 is 1.52 bits per heavy atom. The van der Waals surface area contributed by atoms with Gasteiger partial charge in [0.2, 0.25) is 0 Å². The third kappa shape index (κ3) is 4.83. The van der Waals surface area contributed by atoms with Crippen molar-refractivity contribution in [2.24, 2.45) is 0 Å². The molecule has 0 heterocycles. The fraction of sp³-hybridized carbons (Fsp3) is 0. The molecule has 3 aromatic rings. The molecule has 0 aromatic heterocycles. The van der Waals surface area contributed by atoms with Gasteiger partial charge < -0.3 is 4.74 Å². The molecule has 0 fully saturated rings. The van der Waals surface area contributed by atoms with Crippen molar-refractivity contribution in [1.29, 1.82) is 0 Å². The number of anilines is 1. The lowest BCUT2D eigenvalue weighted by Crippen LogP contribution is -2.12. The van der Waals surface area contributed by atoms with E-state index in [0.29, 0.717) is 21.7 Å². The van der Waals surface area contributed by atoms with Crippen LogP contribution in [-0.2, 0) is 10.0 Å². The van der Waals surface area contributed by atoms with Crippen LogP contribution in [0.2, 0.25) is 0 Å². The van der Waals surface area contributed by atoms with E-state index in [4.69, 9.17) is 4.74 Å². The van der Waals surface area contributed by atoms with Crippen molar-refractivity contribution >= 4 is 37.3 Å². The number of rotatable bonds is 6. The molecule has 0 spiro atoms. The molecule has 0 aliphatic carbocycles. The minimum atomic E-state index is -3.71. The lowest BCUT2D eigenvalue weighted by molar-refractivity contribution is -0.384. The second kappa shape index (κ2) is 7.77. The Morgan fingerprint density at radius 3 is 2.07 bits per heavy atom. The first-order chi connectivity index (χ1) is 12.8. The number of nitrogens with zero attached hydrogens (tertiary/aromatic N) is 1. The molecule has 0 aliphatic rings. The maximum Gasteiger partial charge on any atom is 0.269 e. The number of benzene rings is 3. The summed E-state index contributed by atoms with van der Waals surface area (Å²) >= 11 is 3.25. The lowest BCUT2D eigenvalue weighted by atomic mass is 10.3. The van der Waals surface area contributed by atoms with Crippen molar-refractivity contribution in [3.63, 3.8) is 0 Å². The quantitative estimate of drug-likeness (QED) is 0.424. The van der Waals surface area contributed by atoms with Gasteiger partial charge in [0.1, 0.15) is 11.5 Å². The highest BCUT2D eigenvalue weighted by molar-refractivity contribution is 9.10. The average molecular weight is 449 g/mol. The molecule has 0 saturated heterocycles. The number of halogens is 1. The van der Waals surface area contributed by atoms with Crippen molar-refractivity contribution in [2.75, 3.05) is 4.72 Å². The van der Waals surface area contributed by atoms with Gasteiger partial charge in [0, 0.05) is 22.3 Å². The summed E-state index contributed by atoms with van der Waals surface area (Å²) in [5, 5.41) is 10.6. The van der Waals surface area contributed by atoms with Crippen LogP contribution in [0.1, 0.15) is 0 Å². The topological polar surface area (TPSA) is 98.5 Å². The van der Waals surface area contributed by atoms with Crippen molar-refractivity contribution in [1.82, 2.24) is 0 Å². The van der Waals surface area contributed by atoms with Gasteiger partial charge in [-0.3, -0.25) is 14.8 Å². The summed E-state index contributed by atoms with van der Waals surface area (Å²) in [6.07, 6.45) is 0. The predicted molar refractivity (Wildman–Crippen MR) is 105 cm³/mol. The Morgan fingerprint density at radius 1 is 0.926 bits per heavy atom. The molecule has 1 N–H and O–H groups in total. The fourth-order valence-corrected chi connectivity index (χ4v) is 3.87.